The summed E-state index contributed by atoms with van der Waals surface area (Å²) in [6.45, 7) is 5.28. The van der Waals surface area contributed by atoms with Crippen LogP contribution in [-0.4, -0.2) is 53.1 Å². The highest BCUT2D eigenvalue weighted by Crippen LogP contribution is 2.32. The molecule has 1 atom stereocenters. The Bertz CT molecular complexity index is 730. The maximum atomic E-state index is 13.6. The monoisotopic (exact) mass is 344 g/mol. The summed E-state index contributed by atoms with van der Waals surface area (Å²) in [7, 11) is 1.95. The molecule has 134 valence electrons. The minimum Gasteiger partial charge on any atom is -0.370 e. The Morgan fingerprint density at radius 1 is 1.28 bits per heavy atom. The summed E-state index contributed by atoms with van der Waals surface area (Å²) in [5.74, 6) is -0.181. The minimum absolute atomic E-state index is 0.162. The van der Waals surface area contributed by atoms with Crippen molar-refractivity contribution in [3.63, 3.8) is 0 Å². The molecular weight excluding hydrogens is 319 g/mol. The number of aromatic nitrogens is 2. The second-order valence-corrected chi connectivity index (χ2v) is 7.27. The van der Waals surface area contributed by atoms with E-state index in [1.165, 1.54) is 11.6 Å². The molecule has 2 aliphatic heterocycles. The summed E-state index contributed by atoms with van der Waals surface area (Å²) in [6, 6.07) is 6.88. The van der Waals surface area contributed by atoms with Crippen molar-refractivity contribution in [1.82, 2.24) is 14.7 Å². The number of halogens is 1. The highest BCUT2D eigenvalue weighted by molar-refractivity contribution is 5.47. The molecule has 0 saturated carbocycles. The van der Waals surface area contributed by atoms with E-state index in [0.717, 1.165) is 57.9 Å². The molecule has 2 fully saturated rings. The molecule has 0 amide bonds. The number of nitrogens with zero attached hydrogens (tertiary/aromatic N) is 4. The third-order valence-electron chi connectivity index (χ3n) is 5.20. The summed E-state index contributed by atoms with van der Waals surface area (Å²) >= 11 is 0. The van der Waals surface area contributed by atoms with Gasteiger partial charge in [0.25, 0.3) is 0 Å². The molecule has 4 rings (SSSR count). The number of morpholine rings is 1. The van der Waals surface area contributed by atoms with Crippen molar-refractivity contribution in [1.29, 1.82) is 0 Å². The first-order valence-corrected chi connectivity index (χ1v) is 8.96. The van der Waals surface area contributed by atoms with Gasteiger partial charge in [0, 0.05) is 57.2 Å². The SMILES string of the molecule is Cn1cc(CN2CCO[C@]3(CCCN(c4cccc(F)c4)C3)C2)cn1. The van der Waals surface area contributed by atoms with Gasteiger partial charge in [-0.05, 0) is 31.0 Å². The number of hydrogen-bond acceptors (Lipinski definition) is 4. The zero-order chi connectivity index (χ0) is 17.3. The maximum absolute atomic E-state index is 13.6. The molecule has 0 unspecified atom stereocenters. The molecule has 25 heavy (non-hydrogen) atoms. The number of hydrogen-bond donors (Lipinski definition) is 0. The van der Waals surface area contributed by atoms with Gasteiger partial charge in [0.15, 0.2) is 0 Å². The molecular formula is C19H25FN4O. The van der Waals surface area contributed by atoms with E-state index in [0.29, 0.717) is 0 Å². The first-order chi connectivity index (χ1) is 12.1. The Balaban J connectivity index is 1.46. The predicted molar refractivity (Wildman–Crippen MR) is 95.0 cm³/mol. The number of piperidine rings is 1. The molecule has 0 bridgehead atoms. The lowest BCUT2D eigenvalue weighted by molar-refractivity contribution is -0.116. The lowest BCUT2D eigenvalue weighted by Gasteiger charge is -2.48. The summed E-state index contributed by atoms with van der Waals surface area (Å²) < 4.78 is 21.7. The Kier molecular flexibility index (Phi) is 4.48. The minimum atomic E-state index is -0.181. The highest BCUT2D eigenvalue weighted by atomic mass is 19.1. The highest BCUT2D eigenvalue weighted by Gasteiger charge is 2.40. The van der Waals surface area contributed by atoms with Crippen molar-refractivity contribution in [2.45, 2.75) is 25.0 Å². The second kappa shape index (κ2) is 6.77. The molecule has 0 aliphatic carbocycles. The Morgan fingerprint density at radius 2 is 2.20 bits per heavy atom. The molecule has 3 heterocycles. The summed E-state index contributed by atoms with van der Waals surface area (Å²) in [6.07, 6.45) is 6.13. The predicted octanol–water partition coefficient (Wildman–Crippen LogP) is 2.43. The van der Waals surface area contributed by atoms with E-state index in [1.54, 1.807) is 12.1 Å². The number of rotatable bonds is 3. The van der Waals surface area contributed by atoms with E-state index < -0.39 is 0 Å². The molecule has 2 aliphatic rings. The molecule has 0 radical (unpaired) electrons. The fourth-order valence-corrected chi connectivity index (χ4v) is 4.11. The van der Waals surface area contributed by atoms with E-state index in [-0.39, 0.29) is 11.4 Å². The van der Waals surface area contributed by atoms with Crippen LogP contribution in [0.15, 0.2) is 36.7 Å². The van der Waals surface area contributed by atoms with Gasteiger partial charge in [0.1, 0.15) is 5.82 Å². The van der Waals surface area contributed by atoms with Crippen molar-refractivity contribution in [3.05, 3.63) is 48.0 Å². The fourth-order valence-electron chi connectivity index (χ4n) is 4.11. The quantitative estimate of drug-likeness (QED) is 0.856. The Morgan fingerprint density at radius 3 is 3.00 bits per heavy atom. The fraction of sp³-hybridized carbons (Fsp3) is 0.526. The topological polar surface area (TPSA) is 33.5 Å². The van der Waals surface area contributed by atoms with Crippen molar-refractivity contribution in [2.24, 2.45) is 7.05 Å². The molecule has 6 heteroatoms. The van der Waals surface area contributed by atoms with E-state index >= 15 is 0 Å². The van der Waals surface area contributed by atoms with Gasteiger partial charge in [-0.2, -0.15) is 5.10 Å². The largest absolute Gasteiger partial charge is 0.370 e. The van der Waals surface area contributed by atoms with Gasteiger partial charge < -0.3 is 9.64 Å². The van der Waals surface area contributed by atoms with Crippen LogP contribution in [0, 0.1) is 5.82 Å². The van der Waals surface area contributed by atoms with Gasteiger partial charge in [-0.15, -0.1) is 0 Å². The average molecular weight is 344 g/mol. The van der Waals surface area contributed by atoms with Crippen LogP contribution in [-0.2, 0) is 18.3 Å². The van der Waals surface area contributed by atoms with Crippen molar-refractivity contribution >= 4 is 5.69 Å². The van der Waals surface area contributed by atoms with Gasteiger partial charge >= 0.3 is 0 Å². The van der Waals surface area contributed by atoms with Crippen LogP contribution in [0.2, 0.25) is 0 Å². The van der Waals surface area contributed by atoms with Crippen molar-refractivity contribution < 1.29 is 9.13 Å². The van der Waals surface area contributed by atoms with Crippen molar-refractivity contribution in [3.8, 4) is 0 Å². The summed E-state index contributed by atoms with van der Waals surface area (Å²) in [4.78, 5) is 4.72. The van der Waals surface area contributed by atoms with E-state index in [4.69, 9.17) is 4.74 Å². The third-order valence-corrected chi connectivity index (χ3v) is 5.20. The van der Waals surface area contributed by atoms with Gasteiger partial charge in [-0.1, -0.05) is 6.07 Å². The number of aryl methyl sites for hydroxylation is 1. The van der Waals surface area contributed by atoms with Crippen LogP contribution < -0.4 is 4.90 Å². The van der Waals surface area contributed by atoms with E-state index in [9.17, 15) is 4.39 Å². The third kappa shape index (κ3) is 3.70. The standard InChI is InChI=1S/C19H25FN4O/c1-22-12-16(11-21-22)13-23-8-9-25-19(14-23)6-3-7-24(15-19)18-5-2-4-17(20)10-18/h2,4-5,10-12H,3,6-9,13-15H2,1H3/t19-/m1/s1. The van der Waals surface area contributed by atoms with Gasteiger partial charge in [-0.25, -0.2) is 4.39 Å². The van der Waals surface area contributed by atoms with Crippen LogP contribution in [0.3, 0.4) is 0 Å². The maximum Gasteiger partial charge on any atom is 0.125 e. The Hall–Kier alpha value is -1.92. The molecule has 5 nitrogen and oxygen atoms in total. The van der Waals surface area contributed by atoms with Gasteiger partial charge in [-0.3, -0.25) is 9.58 Å². The van der Waals surface area contributed by atoms with Crippen LogP contribution in [0.25, 0.3) is 0 Å². The van der Waals surface area contributed by atoms with Crippen LogP contribution in [0.1, 0.15) is 18.4 Å². The molecule has 1 aromatic carbocycles. The lowest BCUT2D eigenvalue weighted by Crippen LogP contribution is -2.59. The number of benzene rings is 1. The summed E-state index contributed by atoms with van der Waals surface area (Å²) in [5, 5.41) is 4.26. The van der Waals surface area contributed by atoms with Crippen LogP contribution in [0.5, 0.6) is 0 Å². The van der Waals surface area contributed by atoms with Gasteiger partial charge in [0.2, 0.25) is 0 Å². The van der Waals surface area contributed by atoms with Crippen molar-refractivity contribution in [2.75, 3.05) is 37.7 Å². The van der Waals surface area contributed by atoms with Crippen LogP contribution >= 0.6 is 0 Å². The zero-order valence-electron chi connectivity index (χ0n) is 14.7. The molecule has 1 spiro atoms. The summed E-state index contributed by atoms with van der Waals surface area (Å²) in [5.41, 5.74) is 2.02. The van der Waals surface area contributed by atoms with E-state index in [1.807, 2.05) is 24.0 Å². The molecule has 0 N–H and O–H groups in total. The molecule has 1 aromatic heterocycles. The average Bonchev–Trinajstić information content (AvgIpc) is 3.00. The number of anilines is 1. The second-order valence-electron chi connectivity index (χ2n) is 7.27. The first-order valence-electron chi connectivity index (χ1n) is 8.96. The Labute approximate surface area is 148 Å². The van der Waals surface area contributed by atoms with E-state index in [2.05, 4.69) is 21.1 Å². The zero-order valence-corrected chi connectivity index (χ0v) is 14.7. The number of ether oxygens (including phenoxy) is 1. The molecule has 2 saturated heterocycles. The smallest absolute Gasteiger partial charge is 0.125 e. The lowest BCUT2D eigenvalue weighted by atomic mass is 9.90. The molecule has 2 aromatic rings. The normalized spacial score (nSPS) is 24.8. The van der Waals surface area contributed by atoms with Gasteiger partial charge in [0.05, 0.1) is 18.4 Å². The first kappa shape index (κ1) is 16.5. The van der Waals surface area contributed by atoms with Crippen LogP contribution in [0.4, 0.5) is 10.1 Å².